The Hall–Kier alpha value is -1.81. The first-order valence-corrected chi connectivity index (χ1v) is 8.36. The van der Waals surface area contributed by atoms with Crippen LogP contribution in [0.3, 0.4) is 0 Å². The maximum absolute atomic E-state index is 12.4. The SMILES string of the molecule is CCCNc1ncc(Br)cc1S(=O)(=O)Nc1nccnn1. The number of hydrogen-bond acceptors (Lipinski definition) is 7. The van der Waals surface area contributed by atoms with Crippen LogP contribution in [0, 0.1) is 0 Å². The van der Waals surface area contributed by atoms with Gasteiger partial charge in [-0.25, -0.2) is 23.1 Å². The van der Waals surface area contributed by atoms with Gasteiger partial charge < -0.3 is 5.32 Å². The van der Waals surface area contributed by atoms with E-state index in [1.54, 1.807) is 0 Å². The summed E-state index contributed by atoms with van der Waals surface area (Å²) in [6.45, 7) is 2.59. The Labute approximate surface area is 130 Å². The van der Waals surface area contributed by atoms with Gasteiger partial charge in [-0.05, 0) is 28.4 Å². The zero-order valence-electron chi connectivity index (χ0n) is 11.1. The van der Waals surface area contributed by atoms with Gasteiger partial charge in [0.2, 0.25) is 0 Å². The fourth-order valence-electron chi connectivity index (χ4n) is 1.47. The highest BCUT2D eigenvalue weighted by Crippen LogP contribution is 2.24. The fourth-order valence-corrected chi connectivity index (χ4v) is 3.06. The second-order valence-electron chi connectivity index (χ2n) is 4.00. The number of nitrogens with one attached hydrogen (secondary N) is 2. The van der Waals surface area contributed by atoms with Crippen molar-refractivity contribution in [3.63, 3.8) is 0 Å². The minimum absolute atomic E-state index is 0.0118. The van der Waals surface area contributed by atoms with Gasteiger partial charge in [0.25, 0.3) is 16.0 Å². The summed E-state index contributed by atoms with van der Waals surface area (Å²) in [6.07, 6.45) is 5.07. The predicted octanol–water partition coefficient (Wildman–Crippen LogP) is 1.65. The molecule has 112 valence electrons. The molecule has 10 heteroatoms. The van der Waals surface area contributed by atoms with E-state index in [4.69, 9.17) is 0 Å². The van der Waals surface area contributed by atoms with Crippen LogP contribution in [0.2, 0.25) is 0 Å². The molecule has 0 amide bonds. The van der Waals surface area contributed by atoms with Gasteiger partial charge in [0.05, 0.1) is 12.4 Å². The van der Waals surface area contributed by atoms with Crippen molar-refractivity contribution in [2.24, 2.45) is 0 Å². The van der Waals surface area contributed by atoms with Gasteiger partial charge in [-0.1, -0.05) is 6.92 Å². The lowest BCUT2D eigenvalue weighted by Gasteiger charge is -2.11. The number of anilines is 2. The van der Waals surface area contributed by atoms with E-state index in [-0.39, 0.29) is 16.7 Å². The Morgan fingerprint density at radius 2 is 2.10 bits per heavy atom. The zero-order valence-corrected chi connectivity index (χ0v) is 13.5. The van der Waals surface area contributed by atoms with Gasteiger partial charge in [0.1, 0.15) is 10.7 Å². The highest BCUT2D eigenvalue weighted by atomic mass is 79.9. The monoisotopic (exact) mass is 372 g/mol. The van der Waals surface area contributed by atoms with Crippen LogP contribution in [-0.2, 0) is 10.0 Å². The van der Waals surface area contributed by atoms with Crippen LogP contribution in [0.15, 0.2) is 34.0 Å². The van der Waals surface area contributed by atoms with Gasteiger partial charge in [0.15, 0.2) is 0 Å². The number of sulfonamides is 1. The van der Waals surface area contributed by atoms with E-state index in [2.05, 4.69) is 46.1 Å². The summed E-state index contributed by atoms with van der Waals surface area (Å²) in [5, 5.41) is 10.1. The van der Waals surface area contributed by atoms with E-state index in [9.17, 15) is 8.42 Å². The van der Waals surface area contributed by atoms with Crippen LogP contribution in [0.1, 0.15) is 13.3 Å². The molecule has 0 spiro atoms. The van der Waals surface area contributed by atoms with Crippen molar-refractivity contribution in [3.05, 3.63) is 29.1 Å². The summed E-state index contributed by atoms with van der Waals surface area (Å²) in [5.41, 5.74) is 0. The number of halogens is 1. The fraction of sp³-hybridized carbons (Fsp3) is 0.273. The Kier molecular flexibility index (Phi) is 5.02. The molecule has 0 atom stereocenters. The maximum atomic E-state index is 12.4. The summed E-state index contributed by atoms with van der Waals surface area (Å²) in [7, 11) is -3.87. The van der Waals surface area contributed by atoms with Crippen molar-refractivity contribution in [2.75, 3.05) is 16.6 Å². The molecule has 0 aromatic carbocycles. The highest BCUT2D eigenvalue weighted by Gasteiger charge is 2.21. The van der Waals surface area contributed by atoms with Gasteiger partial charge in [-0.15, -0.1) is 5.10 Å². The lowest BCUT2D eigenvalue weighted by atomic mass is 10.4. The van der Waals surface area contributed by atoms with E-state index in [0.29, 0.717) is 11.0 Å². The molecule has 21 heavy (non-hydrogen) atoms. The molecule has 0 aliphatic heterocycles. The van der Waals surface area contributed by atoms with Crippen molar-refractivity contribution in [1.82, 2.24) is 20.2 Å². The van der Waals surface area contributed by atoms with Crippen LogP contribution in [0.4, 0.5) is 11.8 Å². The number of nitrogens with zero attached hydrogens (tertiary/aromatic N) is 4. The molecule has 0 unspecified atom stereocenters. The number of pyridine rings is 1. The van der Waals surface area contributed by atoms with Crippen LogP contribution >= 0.6 is 15.9 Å². The lowest BCUT2D eigenvalue weighted by molar-refractivity contribution is 0.600. The zero-order chi connectivity index (χ0) is 15.3. The Morgan fingerprint density at radius 1 is 1.29 bits per heavy atom. The van der Waals surface area contributed by atoms with Crippen LogP contribution in [0.5, 0.6) is 0 Å². The normalized spacial score (nSPS) is 11.1. The first-order chi connectivity index (χ1) is 10.0. The number of aromatic nitrogens is 4. The Morgan fingerprint density at radius 3 is 2.76 bits per heavy atom. The molecule has 0 aliphatic rings. The molecule has 2 rings (SSSR count). The first-order valence-electron chi connectivity index (χ1n) is 6.09. The lowest BCUT2D eigenvalue weighted by Crippen LogP contribution is -2.18. The average Bonchev–Trinajstić information content (AvgIpc) is 2.46. The van der Waals surface area contributed by atoms with Gasteiger partial charge >= 0.3 is 0 Å². The third kappa shape index (κ3) is 4.08. The summed E-state index contributed by atoms with van der Waals surface area (Å²) >= 11 is 3.22. The van der Waals surface area contributed by atoms with E-state index in [1.165, 1.54) is 24.7 Å². The molecule has 0 fully saturated rings. The summed E-state index contributed by atoms with van der Waals surface area (Å²) in [4.78, 5) is 7.89. The average molecular weight is 373 g/mol. The highest BCUT2D eigenvalue weighted by molar-refractivity contribution is 9.10. The van der Waals surface area contributed by atoms with Crippen LogP contribution in [-0.4, -0.2) is 35.1 Å². The van der Waals surface area contributed by atoms with Crippen molar-refractivity contribution in [2.45, 2.75) is 18.2 Å². The minimum atomic E-state index is -3.87. The molecular formula is C11H13BrN6O2S. The van der Waals surface area contributed by atoms with Crippen LogP contribution < -0.4 is 10.0 Å². The molecule has 0 bridgehead atoms. The Bertz CT molecular complexity index is 710. The second-order valence-corrected chi connectivity index (χ2v) is 6.57. The minimum Gasteiger partial charge on any atom is -0.369 e. The van der Waals surface area contributed by atoms with Crippen LogP contribution in [0.25, 0.3) is 0 Å². The van der Waals surface area contributed by atoms with Crippen molar-refractivity contribution in [3.8, 4) is 0 Å². The molecule has 2 aromatic heterocycles. The first kappa shape index (κ1) is 15.6. The standard InChI is InChI=1S/C11H13BrN6O2S/c1-2-3-13-10-9(6-8(12)7-15-10)21(19,20)18-11-14-4-5-16-17-11/h4-7H,2-3H2,1H3,(H,13,15)(H,14,17,18). The van der Waals surface area contributed by atoms with Gasteiger partial charge in [0, 0.05) is 17.2 Å². The molecular weight excluding hydrogens is 360 g/mol. The number of hydrogen-bond donors (Lipinski definition) is 2. The summed E-state index contributed by atoms with van der Waals surface area (Å²) in [5.74, 6) is 0.176. The predicted molar refractivity (Wildman–Crippen MR) is 81.4 cm³/mol. The smallest absolute Gasteiger partial charge is 0.267 e. The molecule has 8 nitrogen and oxygen atoms in total. The van der Waals surface area contributed by atoms with Crippen molar-refractivity contribution < 1.29 is 8.42 Å². The van der Waals surface area contributed by atoms with E-state index in [0.717, 1.165) is 6.42 Å². The van der Waals surface area contributed by atoms with Crippen molar-refractivity contribution in [1.29, 1.82) is 0 Å². The quantitative estimate of drug-likeness (QED) is 0.792. The topological polar surface area (TPSA) is 110 Å². The molecule has 2 heterocycles. The molecule has 0 aliphatic carbocycles. The largest absolute Gasteiger partial charge is 0.369 e. The Balaban J connectivity index is 2.36. The third-order valence-electron chi connectivity index (χ3n) is 2.36. The van der Waals surface area contributed by atoms with Gasteiger partial charge in [-0.3, -0.25) is 0 Å². The van der Waals surface area contributed by atoms with E-state index in [1.807, 2.05) is 6.92 Å². The van der Waals surface area contributed by atoms with Crippen molar-refractivity contribution >= 4 is 37.7 Å². The summed E-state index contributed by atoms with van der Waals surface area (Å²) < 4.78 is 27.7. The van der Waals surface area contributed by atoms with Gasteiger partial charge in [-0.2, -0.15) is 5.10 Å². The molecule has 0 saturated heterocycles. The summed E-state index contributed by atoms with van der Waals surface area (Å²) in [6, 6.07) is 1.46. The maximum Gasteiger partial charge on any atom is 0.267 e. The second kappa shape index (κ2) is 6.76. The van der Waals surface area contributed by atoms with E-state index < -0.39 is 10.0 Å². The number of rotatable bonds is 6. The molecule has 2 aromatic rings. The molecule has 0 radical (unpaired) electrons. The third-order valence-corrected chi connectivity index (χ3v) is 4.13. The van der Waals surface area contributed by atoms with E-state index >= 15 is 0 Å². The molecule has 2 N–H and O–H groups in total. The molecule has 0 saturated carbocycles.